The van der Waals surface area contributed by atoms with Crippen molar-refractivity contribution < 1.29 is 28.9 Å². The molecule has 4 aromatic rings. The second kappa shape index (κ2) is 14.7. The predicted molar refractivity (Wildman–Crippen MR) is 176 cm³/mol. The van der Waals surface area contributed by atoms with Crippen LogP contribution in [0.4, 0.5) is 11.9 Å². The first-order valence-corrected chi connectivity index (χ1v) is 15.4. The number of fused-ring (bicyclic) bond motifs is 2. The second-order valence-corrected chi connectivity index (χ2v) is 10.6. The number of hydrogen-bond donors (Lipinski definition) is 4. The zero-order valence-corrected chi connectivity index (χ0v) is 27.4. The molecular formula is C29H30Br2N8O6. The standard InChI is InChI=1S/C29H30Br2N8O6/c1-43-22-17-19(27(41)42)15-21-24(22)38(28(34-21)35-30)7-2-3-8-39-25-20(33-29(39)36-31)14-18(26(32)40)16-23(25)45-11-5-4-6-37-9-12-44-13-10-37/h2-3,14-17H,6-13H2,1H3,(H2,32,40)(H,33,36)(H,34,35)(H,41,42). The van der Waals surface area contributed by atoms with Gasteiger partial charge < -0.3 is 34.2 Å². The van der Waals surface area contributed by atoms with Crippen LogP contribution in [0.25, 0.3) is 22.1 Å². The minimum atomic E-state index is -1.08. The molecule has 14 nitrogen and oxygen atoms in total. The van der Waals surface area contributed by atoms with Crippen LogP contribution in [0.1, 0.15) is 20.7 Å². The van der Waals surface area contributed by atoms with E-state index < -0.39 is 11.9 Å². The summed E-state index contributed by atoms with van der Waals surface area (Å²) in [6.07, 6.45) is 3.86. The number of rotatable bonds is 12. The number of carboxylic acids is 1. The number of nitrogens with zero attached hydrogens (tertiary/aromatic N) is 5. The zero-order valence-electron chi connectivity index (χ0n) is 24.2. The molecule has 5 rings (SSSR count). The fourth-order valence-electron chi connectivity index (χ4n) is 4.94. The number of aromatic nitrogens is 4. The SMILES string of the molecule is COc1cc(C(=O)O)cc2nc(NBr)n(CC=CCn3c(NBr)nc4cc(C(N)=O)cc(OCC#CCN5CCOCC5)c43)c12. The summed E-state index contributed by atoms with van der Waals surface area (Å²) >= 11 is 6.52. The number of nitrogens with one attached hydrogen (secondary N) is 2. The number of benzene rings is 2. The quantitative estimate of drug-likeness (QED) is 0.0949. The van der Waals surface area contributed by atoms with E-state index >= 15 is 0 Å². The van der Waals surface area contributed by atoms with Crippen molar-refractivity contribution in [2.75, 3.05) is 55.3 Å². The maximum absolute atomic E-state index is 12.1. The molecule has 0 unspecified atom stereocenters. The number of carbonyl (C=O) groups excluding carboxylic acids is 1. The number of aromatic carboxylic acids is 1. The van der Waals surface area contributed by atoms with Crippen molar-refractivity contribution in [1.29, 1.82) is 0 Å². The van der Waals surface area contributed by atoms with Crippen LogP contribution in [-0.4, -0.2) is 87.5 Å². The summed E-state index contributed by atoms with van der Waals surface area (Å²) in [4.78, 5) is 35.0. The van der Waals surface area contributed by atoms with Crippen LogP contribution >= 0.6 is 32.3 Å². The molecule has 0 bridgehead atoms. The molecule has 0 radical (unpaired) electrons. The topological polar surface area (TPSA) is 171 Å². The molecule has 2 aromatic heterocycles. The summed E-state index contributed by atoms with van der Waals surface area (Å²) in [5.41, 5.74) is 8.21. The summed E-state index contributed by atoms with van der Waals surface area (Å²) in [5, 5.41) is 9.48. The maximum atomic E-state index is 12.1. The third-order valence-corrected chi connectivity index (χ3v) is 7.82. The van der Waals surface area contributed by atoms with Gasteiger partial charge in [-0.25, -0.2) is 14.8 Å². The van der Waals surface area contributed by atoms with E-state index in [9.17, 15) is 14.7 Å². The Morgan fingerprint density at radius 1 is 0.978 bits per heavy atom. The lowest BCUT2D eigenvalue weighted by Crippen LogP contribution is -2.36. The number of hydrogen-bond acceptors (Lipinski definition) is 10. The molecule has 236 valence electrons. The lowest BCUT2D eigenvalue weighted by Gasteiger charge is -2.24. The molecule has 5 N–H and O–H groups in total. The Bertz CT molecular complexity index is 1820. The molecule has 3 heterocycles. The molecule has 0 atom stereocenters. The Balaban J connectivity index is 1.40. The summed E-state index contributed by atoms with van der Waals surface area (Å²) in [6.45, 7) is 4.58. The van der Waals surface area contributed by atoms with Gasteiger partial charge in [-0.05, 0) is 24.3 Å². The fraction of sp³-hybridized carbons (Fsp3) is 0.310. The third kappa shape index (κ3) is 7.17. The fourth-order valence-corrected chi connectivity index (χ4v) is 5.55. The van der Waals surface area contributed by atoms with Crippen LogP contribution in [0.15, 0.2) is 36.4 Å². The number of amides is 1. The Labute approximate surface area is 275 Å². The molecule has 0 saturated carbocycles. The Morgan fingerprint density at radius 3 is 2.11 bits per heavy atom. The van der Waals surface area contributed by atoms with Gasteiger partial charge in [0, 0.05) is 64.0 Å². The highest BCUT2D eigenvalue weighted by atomic mass is 79.9. The normalized spacial score (nSPS) is 13.6. The minimum Gasteiger partial charge on any atom is -0.494 e. The number of halogens is 2. The monoisotopic (exact) mass is 744 g/mol. The number of primary amides is 1. The van der Waals surface area contributed by atoms with Crippen LogP contribution in [0, 0.1) is 11.8 Å². The number of ether oxygens (including phenoxy) is 3. The number of carboxylic acid groups (broad SMARTS) is 1. The van der Waals surface area contributed by atoms with E-state index in [1.165, 1.54) is 19.2 Å². The summed E-state index contributed by atoms with van der Waals surface area (Å²) in [6, 6.07) is 6.17. The smallest absolute Gasteiger partial charge is 0.335 e. The van der Waals surface area contributed by atoms with Crippen molar-refractivity contribution in [3.05, 3.63) is 47.5 Å². The van der Waals surface area contributed by atoms with E-state index in [0.717, 1.165) is 13.1 Å². The van der Waals surface area contributed by atoms with E-state index in [-0.39, 0.29) is 17.7 Å². The molecule has 1 fully saturated rings. The number of allylic oxidation sites excluding steroid dienone is 2. The van der Waals surface area contributed by atoms with Gasteiger partial charge in [0.25, 0.3) is 0 Å². The van der Waals surface area contributed by atoms with E-state index in [1.807, 2.05) is 21.3 Å². The third-order valence-electron chi connectivity index (χ3n) is 7.11. The highest BCUT2D eigenvalue weighted by molar-refractivity contribution is 9.10. The van der Waals surface area contributed by atoms with E-state index in [0.29, 0.717) is 78.3 Å². The first kappa shape index (κ1) is 32.1. The van der Waals surface area contributed by atoms with Crippen LogP contribution in [0.3, 0.4) is 0 Å². The molecule has 0 aliphatic carbocycles. The number of methoxy groups -OCH3 is 1. The molecule has 1 aliphatic heterocycles. The van der Waals surface area contributed by atoms with Crippen LogP contribution in [0.2, 0.25) is 0 Å². The van der Waals surface area contributed by atoms with Crippen molar-refractivity contribution >= 4 is 78.1 Å². The molecule has 1 amide bonds. The second-order valence-electron chi connectivity index (χ2n) is 9.84. The van der Waals surface area contributed by atoms with Gasteiger partial charge in [-0.1, -0.05) is 24.0 Å². The molecule has 1 saturated heterocycles. The van der Waals surface area contributed by atoms with Crippen molar-refractivity contribution in [2.24, 2.45) is 5.73 Å². The summed E-state index contributed by atoms with van der Waals surface area (Å²) in [5.74, 6) is 6.26. The van der Waals surface area contributed by atoms with Gasteiger partial charge >= 0.3 is 5.97 Å². The number of anilines is 2. The van der Waals surface area contributed by atoms with E-state index in [1.54, 1.807) is 12.1 Å². The Kier molecular flexibility index (Phi) is 10.5. The lowest BCUT2D eigenvalue weighted by molar-refractivity contribution is 0.0443. The van der Waals surface area contributed by atoms with Crippen LogP contribution < -0.4 is 23.9 Å². The van der Waals surface area contributed by atoms with E-state index in [2.05, 4.69) is 67.7 Å². The average Bonchev–Trinajstić information content (AvgIpc) is 3.60. The first-order valence-electron chi connectivity index (χ1n) is 13.8. The Hall–Kier alpha value is -4.30. The van der Waals surface area contributed by atoms with Gasteiger partial charge in [0.15, 0.2) is 0 Å². The summed E-state index contributed by atoms with van der Waals surface area (Å²) < 4.78 is 26.5. The molecule has 0 spiro atoms. The molecule has 2 aromatic carbocycles. The predicted octanol–water partition coefficient (Wildman–Crippen LogP) is 3.61. The molecule has 1 aliphatic rings. The highest BCUT2D eigenvalue weighted by Gasteiger charge is 2.19. The molecular weight excluding hydrogens is 716 g/mol. The maximum Gasteiger partial charge on any atom is 0.335 e. The number of carbonyl (C=O) groups is 2. The van der Waals surface area contributed by atoms with Crippen molar-refractivity contribution in [2.45, 2.75) is 13.1 Å². The van der Waals surface area contributed by atoms with E-state index in [4.69, 9.17) is 19.9 Å². The van der Waals surface area contributed by atoms with Gasteiger partial charge in [0.05, 0.1) is 43.5 Å². The summed E-state index contributed by atoms with van der Waals surface area (Å²) in [7, 11) is 1.48. The molecule has 45 heavy (non-hydrogen) atoms. The minimum absolute atomic E-state index is 0.0723. The zero-order chi connectivity index (χ0) is 31.9. The van der Waals surface area contributed by atoms with Gasteiger partial charge in [0.2, 0.25) is 17.8 Å². The van der Waals surface area contributed by atoms with Crippen molar-refractivity contribution in [3.8, 4) is 23.3 Å². The highest BCUT2D eigenvalue weighted by Crippen LogP contribution is 2.33. The number of morpholine rings is 1. The first-order chi connectivity index (χ1) is 21.8. The van der Waals surface area contributed by atoms with Gasteiger partial charge in [0.1, 0.15) is 29.1 Å². The average molecular weight is 746 g/mol. The molecule has 16 heteroatoms. The number of imidazole rings is 2. The van der Waals surface area contributed by atoms with Crippen molar-refractivity contribution in [1.82, 2.24) is 24.0 Å². The van der Waals surface area contributed by atoms with Gasteiger partial charge in [-0.3, -0.25) is 18.4 Å². The van der Waals surface area contributed by atoms with Gasteiger partial charge in [-0.15, -0.1) is 0 Å². The van der Waals surface area contributed by atoms with Gasteiger partial charge in [-0.2, -0.15) is 0 Å². The Morgan fingerprint density at radius 2 is 1.56 bits per heavy atom. The largest absolute Gasteiger partial charge is 0.494 e. The van der Waals surface area contributed by atoms with Crippen molar-refractivity contribution in [3.63, 3.8) is 0 Å². The lowest BCUT2D eigenvalue weighted by atomic mass is 10.1. The van der Waals surface area contributed by atoms with Crippen LogP contribution in [0.5, 0.6) is 11.5 Å². The number of nitrogens with two attached hydrogens (primary N) is 1. The van der Waals surface area contributed by atoms with Crippen LogP contribution in [-0.2, 0) is 17.8 Å².